The minimum absolute atomic E-state index is 0.0109. The molecule has 1 N–H and O–H groups in total. The number of amides is 1. The summed E-state index contributed by atoms with van der Waals surface area (Å²) in [5, 5.41) is 3.27. The number of fused-ring (bicyclic) bond motifs is 1. The summed E-state index contributed by atoms with van der Waals surface area (Å²) in [5.41, 5.74) is 3.25. The first-order chi connectivity index (χ1) is 13.4. The summed E-state index contributed by atoms with van der Waals surface area (Å²) in [4.78, 5) is 26.4. The lowest BCUT2D eigenvalue weighted by Crippen LogP contribution is -2.54. The number of benzene rings is 2. The van der Waals surface area contributed by atoms with Crippen LogP contribution in [0.15, 0.2) is 54.6 Å². The molecule has 0 saturated carbocycles. The molecule has 1 heterocycles. The molecule has 2 aromatic carbocycles. The molecule has 5 nitrogen and oxygen atoms in total. The van der Waals surface area contributed by atoms with Crippen LogP contribution in [-0.2, 0) is 14.3 Å². The Hall–Kier alpha value is -3.08. The van der Waals surface area contributed by atoms with E-state index in [2.05, 4.69) is 5.32 Å². The monoisotopic (exact) mass is 378 g/mol. The van der Waals surface area contributed by atoms with Gasteiger partial charge in [-0.25, -0.2) is 4.79 Å². The highest BCUT2D eigenvalue weighted by molar-refractivity contribution is 6.07. The smallest absolute Gasteiger partial charge is 0.330 e. The number of nitrogens with zero attached hydrogens (tertiary/aromatic N) is 1. The quantitative estimate of drug-likeness (QED) is 0.465. The van der Waals surface area contributed by atoms with Crippen LogP contribution in [0.3, 0.4) is 0 Å². The van der Waals surface area contributed by atoms with Crippen LogP contribution in [0, 0.1) is 6.92 Å². The van der Waals surface area contributed by atoms with E-state index in [9.17, 15) is 9.59 Å². The van der Waals surface area contributed by atoms with E-state index >= 15 is 0 Å². The van der Waals surface area contributed by atoms with Crippen LogP contribution < -0.4 is 10.2 Å². The maximum atomic E-state index is 12.8. The molecule has 0 fully saturated rings. The normalized spacial score (nSPS) is 15.2. The van der Waals surface area contributed by atoms with Gasteiger partial charge in [0.05, 0.1) is 18.0 Å². The van der Waals surface area contributed by atoms with Crippen molar-refractivity contribution in [3.63, 3.8) is 0 Å². The number of aryl methyl sites for hydroxylation is 1. The van der Waals surface area contributed by atoms with Crippen LogP contribution in [0.2, 0.25) is 0 Å². The molecule has 1 amide bonds. The number of rotatable bonds is 6. The molecule has 0 saturated heterocycles. The van der Waals surface area contributed by atoms with Crippen molar-refractivity contribution < 1.29 is 14.3 Å². The van der Waals surface area contributed by atoms with E-state index in [0.29, 0.717) is 13.0 Å². The molecular weight excluding hydrogens is 352 g/mol. The molecule has 0 bridgehead atoms. The van der Waals surface area contributed by atoms with Crippen molar-refractivity contribution in [2.24, 2.45) is 0 Å². The number of esters is 1. The summed E-state index contributed by atoms with van der Waals surface area (Å²) in [5.74, 6) is -0.371. The summed E-state index contributed by atoms with van der Waals surface area (Å²) in [6.07, 6.45) is 3.74. The van der Waals surface area contributed by atoms with E-state index in [1.807, 2.05) is 69.3 Å². The Balaban J connectivity index is 1.52. The number of nitrogens with one attached hydrogen (secondary N) is 1. The van der Waals surface area contributed by atoms with Gasteiger partial charge in [0, 0.05) is 12.6 Å². The van der Waals surface area contributed by atoms with Crippen molar-refractivity contribution in [3.8, 4) is 0 Å². The molecule has 0 spiro atoms. The average Bonchev–Trinajstić information content (AvgIpc) is 2.67. The Morgan fingerprint density at radius 1 is 1.14 bits per heavy atom. The van der Waals surface area contributed by atoms with Crippen molar-refractivity contribution in [2.45, 2.75) is 32.7 Å². The number of para-hydroxylation sites is 2. The number of carbonyl (C=O) groups is 2. The molecule has 1 aliphatic heterocycles. The van der Waals surface area contributed by atoms with Gasteiger partial charge in [0.1, 0.15) is 5.54 Å². The Kier molecular flexibility index (Phi) is 5.83. The lowest BCUT2D eigenvalue weighted by atomic mass is 9.98. The second-order valence-corrected chi connectivity index (χ2v) is 7.49. The highest BCUT2D eigenvalue weighted by Gasteiger charge is 2.38. The van der Waals surface area contributed by atoms with Gasteiger partial charge >= 0.3 is 5.97 Å². The maximum absolute atomic E-state index is 12.8. The van der Waals surface area contributed by atoms with E-state index in [4.69, 9.17) is 4.74 Å². The van der Waals surface area contributed by atoms with Crippen LogP contribution >= 0.6 is 0 Å². The van der Waals surface area contributed by atoms with Gasteiger partial charge < -0.3 is 15.0 Å². The first-order valence-electron chi connectivity index (χ1n) is 9.47. The van der Waals surface area contributed by atoms with Crippen LogP contribution in [-0.4, -0.2) is 30.6 Å². The molecule has 0 radical (unpaired) electrons. The number of hydrogen-bond acceptors (Lipinski definition) is 4. The third-order valence-electron chi connectivity index (χ3n) is 4.68. The molecule has 146 valence electrons. The second kappa shape index (κ2) is 8.30. The summed E-state index contributed by atoms with van der Waals surface area (Å²) in [7, 11) is 0. The first kappa shape index (κ1) is 19.7. The van der Waals surface area contributed by atoms with Gasteiger partial charge in [0.25, 0.3) is 5.91 Å². The van der Waals surface area contributed by atoms with E-state index in [1.165, 1.54) is 11.6 Å². The standard InChI is InChI=1S/C23H26N2O3/c1-17-9-11-18(12-10-17)13-14-21(26)28-16-6-15-25-20-8-5-4-7-19(20)24-23(2,3)22(25)27/h4-5,7-14,24H,6,15-16H2,1-3H3/b14-13+. The molecule has 0 atom stereocenters. The van der Waals surface area contributed by atoms with Crippen LogP contribution in [0.4, 0.5) is 11.4 Å². The fourth-order valence-corrected chi connectivity index (χ4v) is 3.16. The van der Waals surface area contributed by atoms with Gasteiger partial charge in [-0.1, -0.05) is 42.0 Å². The predicted molar refractivity (Wildman–Crippen MR) is 112 cm³/mol. The SMILES string of the molecule is Cc1ccc(/C=C/C(=O)OCCCN2C(=O)C(C)(C)Nc3ccccc32)cc1. The average molecular weight is 378 g/mol. The third-order valence-corrected chi connectivity index (χ3v) is 4.68. The molecule has 0 unspecified atom stereocenters. The predicted octanol–water partition coefficient (Wildman–Crippen LogP) is 4.18. The van der Waals surface area contributed by atoms with Crippen molar-refractivity contribution in [1.29, 1.82) is 0 Å². The van der Waals surface area contributed by atoms with Gasteiger partial charge in [-0.2, -0.15) is 0 Å². The fraction of sp³-hybridized carbons (Fsp3) is 0.304. The zero-order chi connectivity index (χ0) is 20.1. The molecule has 5 heteroatoms. The number of anilines is 2. The van der Waals surface area contributed by atoms with Crippen LogP contribution in [0.1, 0.15) is 31.4 Å². The Bertz CT molecular complexity index is 885. The highest BCUT2D eigenvalue weighted by atomic mass is 16.5. The van der Waals surface area contributed by atoms with E-state index in [0.717, 1.165) is 16.9 Å². The molecular formula is C23H26N2O3. The van der Waals surface area contributed by atoms with Crippen molar-refractivity contribution >= 4 is 29.3 Å². The van der Waals surface area contributed by atoms with Gasteiger partial charge in [0.15, 0.2) is 0 Å². The second-order valence-electron chi connectivity index (χ2n) is 7.49. The van der Waals surface area contributed by atoms with Crippen LogP contribution in [0.5, 0.6) is 0 Å². The molecule has 0 aliphatic carbocycles. The minimum Gasteiger partial charge on any atom is -0.462 e. The lowest BCUT2D eigenvalue weighted by molar-refractivity contribution is -0.137. The van der Waals surface area contributed by atoms with E-state index in [1.54, 1.807) is 11.0 Å². The van der Waals surface area contributed by atoms with Gasteiger partial charge in [-0.05, 0) is 51.0 Å². The highest BCUT2D eigenvalue weighted by Crippen LogP contribution is 2.34. The summed E-state index contributed by atoms with van der Waals surface area (Å²) in [6, 6.07) is 15.6. The van der Waals surface area contributed by atoms with Gasteiger partial charge in [-0.3, -0.25) is 4.79 Å². The summed E-state index contributed by atoms with van der Waals surface area (Å²) < 4.78 is 5.27. The van der Waals surface area contributed by atoms with Crippen LogP contribution in [0.25, 0.3) is 6.08 Å². The molecule has 28 heavy (non-hydrogen) atoms. The zero-order valence-corrected chi connectivity index (χ0v) is 16.6. The molecule has 1 aliphatic rings. The lowest BCUT2D eigenvalue weighted by Gasteiger charge is -2.39. The van der Waals surface area contributed by atoms with Crippen molar-refractivity contribution in [1.82, 2.24) is 0 Å². The number of ether oxygens (including phenoxy) is 1. The Morgan fingerprint density at radius 2 is 1.86 bits per heavy atom. The van der Waals surface area contributed by atoms with Gasteiger partial charge in [0.2, 0.25) is 0 Å². The molecule has 2 aromatic rings. The summed E-state index contributed by atoms with van der Waals surface area (Å²) in [6.45, 7) is 6.51. The van der Waals surface area contributed by atoms with E-state index < -0.39 is 5.54 Å². The Labute approximate surface area is 166 Å². The Morgan fingerprint density at radius 3 is 2.61 bits per heavy atom. The third kappa shape index (κ3) is 4.60. The molecule has 0 aromatic heterocycles. The number of hydrogen-bond donors (Lipinski definition) is 1. The molecule has 3 rings (SSSR count). The first-order valence-corrected chi connectivity index (χ1v) is 9.47. The van der Waals surface area contributed by atoms with Crippen molar-refractivity contribution in [3.05, 3.63) is 65.7 Å². The zero-order valence-electron chi connectivity index (χ0n) is 16.6. The van der Waals surface area contributed by atoms with E-state index in [-0.39, 0.29) is 18.5 Å². The maximum Gasteiger partial charge on any atom is 0.330 e. The fourth-order valence-electron chi connectivity index (χ4n) is 3.16. The topological polar surface area (TPSA) is 58.6 Å². The largest absolute Gasteiger partial charge is 0.462 e. The minimum atomic E-state index is -0.665. The number of carbonyl (C=O) groups excluding carboxylic acids is 2. The summed E-state index contributed by atoms with van der Waals surface area (Å²) >= 11 is 0. The van der Waals surface area contributed by atoms with Crippen molar-refractivity contribution in [2.75, 3.05) is 23.4 Å². The van der Waals surface area contributed by atoms with Gasteiger partial charge in [-0.15, -0.1) is 0 Å².